The number of aliphatic imine (C=N–C) groups is 1. The lowest BCUT2D eigenvalue weighted by Crippen LogP contribution is -1.89. The molecule has 0 unspecified atom stereocenters. The van der Waals surface area contributed by atoms with Crippen molar-refractivity contribution in [2.45, 2.75) is 6.92 Å². The molecular weight excluding hydrogens is 128 g/mol. The Hall–Kier alpha value is -1.45. The summed E-state index contributed by atoms with van der Waals surface area (Å²) < 4.78 is 0. The van der Waals surface area contributed by atoms with Crippen LogP contribution in [0.15, 0.2) is 17.3 Å². The first-order chi connectivity index (χ1) is 4.84. The molecule has 0 amide bonds. The van der Waals surface area contributed by atoms with Gasteiger partial charge in [-0.05, 0) is 13.0 Å². The second-order valence-electron chi connectivity index (χ2n) is 1.70. The predicted octanol–water partition coefficient (Wildman–Crippen LogP) is 0.781. The van der Waals surface area contributed by atoms with E-state index in [9.17, 15) is 0 Å². The van der Waals surface area contributed by atoms with E-state index in [1.807, 2.05) is 0 Å². The van der Waals surface area contributed by atoms with Crippen molar-refractivity contribution in [1.82, 2.24) is 10.2 Å². The van der Waals surface area contributed by atoms with E-state index >= 15 is 0 Å². The Bertz CT molecular complexity index is 243. The highest BCUT2D eigenvalue weighted by atomic mass is 15.1. The Morgan fingerprint density at radius 2 is 2.50 bits per heavy atom. The van der Waals surface area contributed by atoms with Crippen LogP contribution in [0.2, 0.25) is 0 Å². The van der Waals surface area contributed by atoms with Crippen molar-refractivity contribution in [1.29, 1.82) is 0 Å². The number of aromatic nitrogens is 2. The third-order valence-electron chi connectivity index (χ3n) is 0.983. The molecule has 1 heterocycles. The van der Waals surface area contributed by atoms with Gasteiger partial charge in [0.25, 0.3) is 0 Å². The van der Waals surface area contributed by atoms with Crippen LogP contribution in [-0.2, 0) is 0 Å². The van der Waals surface area contributed by atoms with Crippen LogP contribution < -0.4 is 5.73 Å². The van der Waals surface area contributed by atoms with Gasteiger partial charge in [0, 0.05) is 6.21 Å². The van der Waals surface area contributed by atoms with Crippen molar-refractivity contribution in [3.8, 4) is 0 Å². The van der Waals surface area contributed by atoms with Crippen molar-refractivity contribution < 1.29 is 0 Å². The zero-order valence-corrected chi connectivity index (χ0v) is 5.65. The molecule has 1 aromatic heterocycles. The predicted molar refractivity (Wildman–Crippen MR) is 40.3 cm³/mol. The summed E-state index contributed by atoms with van der Waals surface area (Å²) in [5.41, 5.74) is 6.04. The van der Waals surface area contributed by atoms with Crippen LogP contribution in [0, 0.1) is 0 Å². The smallest absolute Gasteiger partial charge is 0.197 e. The Labute approximate surface area is 58.8 Å². The zero-order chi connectivity index (χ0) is 7.40. The highest BCUT2D eigenvalue weighted by Crippen LogP contribution is 2.14. The van der Waals surface area contributed by atoms with E-state index in [1.54, 1.807) is 19.2 Å². The number of anilines is 1. The summed E-state index contributed by atoms with van der Waals surface area (Å²) in [5, 5.41) is 7.32. The minimum absolute atomic E-state index is 0.477. The number of hydrogen-bond donors (Lipinski definition) is 1. The van der Waals surface area contributed by atoms with Gasteiger partial charge in [-0.3, -0.25) is 0 Å². The second-order valence-corrected chi connectivity index (χ2v) is 1.70. The molecule has 0 saturated heterocycles. The second kappa shape index (κ2) is 2.91. The highest BCUT2D eigenvalue weighted by Gasteiger charge is 1.93. The van der Waals surface area contributed by atoms with E-state index in [1.165, 1.54) is 6.20 Å². The van der Waals surface area contributed by atoms with Gasteiger partial charge in [0.15, 0.2) is 5.82 Å². The standard InChI is InChI=1S/C6H8N4/c1-2-8-6-5(7)3-4-9-10-6/h2-4H,1H3,(H2,7,9)/b8-2-. The van der Waals surface area contributed by atoms with Crippen molar-refractivity contribution >= 4 is 17.7 Å². The van der Waals surface area contributed by atoms with Crippen LogP contribution in [0.25, 0.3) is 0 Å². The minimum Gasteiger partial charge on any atom is -0.396 e. The maximum atomic E-state index is 5.49. The highest BCUT2D eigenvalue weighted by molar-refractivity contribution is 5.65. The third-order valence-corrected chi connectivity index (χ3v) is 0.983. The molecule has 0 aromatic carbocycles. The third kappa shape index (κ3) is 1.28. The fourth-order valence-electron chi connectivity index (χ4n) is 0.557. The van der Waals surface area contributed by atoms with Crippen molar-refractivity contribution in [3.63, 3.8) is 0 Å². The van der Waals surface area contributed by atoms with Gasteiger partial charge in [0.05, 0.1) is 11.9 Å². The van der Waals surface area contributed by atoms with Gasteiger partial charge in [-0.2, -0.15) is 5.10 Å². The zero-order valence-electron chi connectivity index (χ0n) is 5.65. The monoisotopic (exact) mass is 136 g/mol. The molecule has 4 nitrogen and oxygen atoms in total. The molecule has 0 bridgehead atoms. The molecule has 0 aliphatic carbocycles. The molecule has 10 heavy (non-hydrogen) atoms. The van der Waals surface area contributed by atoms with E-state index in [0.29, 0.717) is 11.5 Å². The van der Waals surface area contributed by atoms with Gasteiger partial charge in [0.2, 0.25) is 0 Å². The lowest BCUT2D eigenvalue weighted by atomic mass is 10.4. The van der Waals surface area contributed by atoms with Gasteiger partial charge in [-0.15, -0.1) is 5.10 Å². The van der Waals surface area contributed by atoms with E-state index in [-0.39, 0.29) is 0 Å². The van der Waals surface area contributed by atoms with E-state index in [2.05, 4.69) is 15.2 Å². The summed E-state index contributed by atoms with van der Waals surface area (Å²) >= 11 is 0. The van der Waals surface area contributed by atoms with Crippen LogP contribution in [0.1, 0.15) is 6.92 Å². The molecule has 0 fully saturated rings. The summed E-state index contributed by atoms with van der Waals surface area (Å²) in [6.45, 7) is 1.80. The summed E-state index contributed by atoms with van der Waals surface area (Å²) in [5.74, 6) is 0.477. The average molecular weight is 136 g/mol. The molecule has 0 aliphatic heterocycles. The normalized spacial score (nSPS) is 10.5. The Balaban J connectivity index is 3.03. The first-order valence-electron chi connectivity index (χ1n) is 2.90. The van der Waals surface area contributed by atoms with Gasteiger partial charge >= 0.3 is 0 Å². The largest absolute Gasteiger partial charge is 0.396 e. The fourth-order valence-corrected chi connectivity index (χ4v) is 0.557. The van der Waals surface area contributed by atoms with Crippen molar-refractivity contribution in [2.75, 3.05) is 5.73 Å². The van der Waals surface area contributed by atoms with Crippen molar-refractivity contribution in [2.24, 2.45) is 4.99 Å². The van der Waals surface area contributed by atoms with Crippen LogP contribution in [0.4, 0.5) is 11.5 Å². The molecule has 4 heteroatoms. The van der Waals surface area contributed by atoms with Crippen LogP contribution in [0.3, 0.4) is 0 Å². The van der Waals surface area contributed by atoms with Crippen LogP contribution in [-0.4, -0.2) is 16.4 Å². The average Bonchev–Trinajstić information content (AvgIpc) is 1.94. The fraction of sp³-hybridized carbons (Fsp3) is 0.167. The molecule has 0 spiro atoms. The SMILES string of the molecule is C/C=N\c1nnccc1N. The molecule has 2 N–H and O–H groups in total. The number of nitrogens with two attached hydrogens (primary N) is 1. The first kappa shape index (κ1) is 6.67. The quantitative estimate of drug-likeness (QED) is 0.580. The molecule has 52 valence electrons. The molecule has 0 aliphatic rings. The molecular formula is C6H8N4. The summed E-state index contributed by atoms with van der Waals surface area (Å²) in [6.07, 6.45) is 3.16. The van der Waals surface area contributed by atoms with E-state index in [4.69, 9.17) is 5.73 Å². The minimum atomic E-state index is 0.477. The Kier molecular flexibility index (Phi) is 1.94. The number of rotatable bonds is 1. The lowest BCUT2D eigenvalue weighted by Gasteiger charge is -1.93. The van der Waals surface area contributed by atoms with Crippen molar-refractivity contribution in [3.05, 3.63) is 12.3 Å². The number of nitrogen functional groups attached to an aromatic ring is 1. The van der Waals surface area contributed by atoms with E-state index in [0.717, 1.165) is 0 Å². The van der Waals surface area contributed by atoms with Crippen LogP contribution >= 0.6 is 0 Å². The molecule has 0 saturated carbocycles. The first-order valence-corrected chi connectivity index (χ1v) is 2.90. The summed E-state index contributed by atoms with van der Waals surface area (Å²) in [4.78, 5) is 3.88. The maximum absolute atomic E-state index is 5.49. The molecule has 1 aromatic rings. The number of hydrogen-bond acceptors (Lipinski definition) is 4. The van der Waals surface area contributed by atoms with Gasteiger partial charge in [0.1, 0.15) is 0 Å². The van der Waals surface area contributed by atoms with Gasteiger partial charge < -0.3 is 5.73 Å². The maximum Gasteiger partial charge on any atom is 0.197 e. The molecule has 1 rings (SSSR count). The Morgan fingerprint density at radius 3 is 3.10 bits per heavy atom. The van der Waals surface area contributed by atoms with Gasteiger partial charge in [-0.25, -0.2) is 4.99 Å². The Morgan fingerprint density at radius 1 is 1.70 bits per heavy atom. The van der Waals surface area contributed by atoms with E-state index < -0.39 is 0 Å². The number of nitrogens with zero attached hydrogens (tertiary/aromatic N) is 3. The molecule has 0 radical (unpaired) electrons. The van der Waals surface area contributed by atoms with Crippen LogP contribution in [0.5, 0.6) is 0 Å². The summed E-state index contributed by atoms with van der Waals surface area (Å²) in [6, 6.07) is 1.66. The molecule has 0 atom stereocenters. The van der Waals surface area contributed by atoms with Gasteiger partial charge in [-0.1, -0.05) is 0 Å². The topological polar surface area (TPSA) is 64.2 Å². The lowest BCUT2D eigenvalue weighted by molar-refractivity contribution is 1.03. The summed E-state index contributed by atoms with van der Waals surface area (Å²) in [7, 11) is 0.